The second-order valence-corrected chi connectivity index (χ2v) is 3.19. The monoisotopic (exact) mass is 168 g/mol. The van der Waals surface area contributed by atoms with Crippen LogP contribution in [-0.4, -0.2) is 30.4 Å². The Bertz CT molecular complexity index is 191. The number of nitrogens with zero attached hydrogens (tertiary/aromatic N) is 1. The number of carbonyl (C=O) groups is 1. The summed E-state index contributed by atoms with van der Waals surface area (Å²) in [7, 11) is 1.88. The van der Waals surface area contributed by atoms with Gasteiger partial charge in [0.05, 0.1) is 5.92 Å². The molecule has 3 heteroatoms. The van der Waals surface area contributed by atoms with Gasteiger partial charge in [-0.3, -0.25) is 4.79 Å². The zero-order valence-electron chi connectivity index (χ0n) is 7.71. The van der Waals surface area contributed by atoms with Crippen LogP contribution < -0.4 is 5.32 Å². The van der Waals surface area contributed by atoms with Crippen molar-refractivity contribution in [2.75, 3.05) is 13.6 Å². The highest BCUT2D eigenvalue weighted by atomic mass is 16.2. The molecule has 1 rings (SSSR count). The van der Waals surface area contributed by atoms with Crippen LogP contribution >= 0.6 is 0 Å². The minimum absolute atomic E-state index is 0.132. The van der Waals surface area contributed by atoms with Crippen LogP contribution in [0.15, 0.2) is 12.8 Å². The average molecular weight is 168 g/mol. The molecular formula is C9H16N2O. The summed E-state index contributed by atoms with van der Waals surface area (Å²) in [6.07, 6.45) is 2.55. The summed E-state index contributed by atoms with van der Waals surface area (Å²) < 4.78 is 0. The van der Waals surface area contributed by atoms with Crippen molar-refractivity contribution in [2.24, 2.45) is 5.92 Å². The second kappa shape index (κ2) is 3.72. The van der Waals surface area contributed by atoms with Crippen molar-refractivity contribution >= 4 is 5.91 Å². The molecule has 0 aliphatic carbocycles. The molecule has 0 bridgehead atoms. The molecule has 0 aromatic carbocycles. The third-order valence-electron chi connectivity index (χ3n) is 2.56. The highest BCUT2D eigenvalue weighted by molar-refractivity contribution is 5.82. The van der Waals surface area contributed by atoms with Crippen LogP contribution in [0, 0.1) is 5.92 Å². The van der Waals surface area contributed by atoms with Gasteiger partial charge in [-0.15, -0.1) is 0 Å². The maximum atomic E-state index is 11.6. The van der Waals surface area contributed by atoms with Gasteiger partial charge in [-0.1, -0.05) is 6.58 Å². The molecule has 3 nitrogen and oxygen atoms in total. The van der Waals surface area contributed by atoms with Crippen LogP contribution in [0.4, 0.5) is 0 Å². The molecule has 68 valence electrons. The van der Waals surface area contributed by atoms with Crippen molar-refractivity contribution < 1.29 is 4.79 Å². The van der Waals surface area contributed by atoms with Crippen LogP contribution in [0.3, 0.4) is 0 Å². The second-order valence-electron chi connectivity index (χ2n) is 3.19. The summed E-state index contributed by atoms with van der Waals surface area (Å²) in [6.45, 7) is 6.45. The summed E-state index contributed by atoms with van der Waals surface area (Å²) in [6, 6.07) is 0.266. The first kappa shape index (κ1) is 9.26. The normalized spacial score (nSPS) is 26.0. The first-order chi connectivity index (χ1) is 5.70. The summed E-state index contributed by atoms with van der Waals surface area (Å²) in [4.78, 5) is 13.2. The molecule has 2 atom stereocenters. The Morgan fingerprint density at radius 2 is 2.50 bits per heavy atom. The van der Waals surface area contributed by atoms with E-state index >= 15 is 0 Å². The maximum absolute atomic E-state index is 11.6. The molecule has 0 aromatic heterocycles. The lowest BCUT2D eigenvalue weighted by Crippen LogP contribution is -2.35. The molecule has 0 radical (unpaired) electrons. The first-order valence-electron chi connectivity index (χ1n) is 4.31. The molecule has 1 N–H and O–H groups in total. The molecule has 1 heterocycles. The van der Waals surface area contributed by atoms with E-state index in [1.54, 1.807) is 11.1 Å². The quantitative estimate of drug-likeness (QED) is 0.668. The van der Waals surface area contributed by atoms with Gasteiger partial charge in [-0.05, 0) is 26.6 Å². The Hall–Kier alpha value is -0.830. The zero-order chi connectivity index (χ0) is 9.14. The van der Waals surface area contributed by atoms with Gasteiger partial charge in [0.1, 0.15) is 0 Å². The van der Waals surface area contributed by atoms with E-state index in [1.807, 2.05) is 14.0 Å². The predicted octanol–water partition coefficient (Wildman–Crippen LogP) is 0.586. The molecule has 0 spiro atoms. The van der Waals surface area contributed by atoms with Gasteiger partial charge in [0, 0.05) is 12.6 Å². The molecule has 12 heavy (non-hydrogen) atoms. The van der Waals surface area contributed by atoms with Gasteiger partial charge >= 0.3 is 0 Å². The summed E-state index contributed by atoms with van der Waals surface area (Å²) >= 11 is 0. The summed E-state index contributed by atoms with van der Waals surface area (Å²) in [5, 5.41) is 3.10. The van der Waals surface area contributed by atoms with E-state index in [9.17, 15) is 4.79 Å². The largest absolute Gasteiger partial charge is 0.319 e. The lowest BCUT2D eigenvalue weighted by molar-refractivity contribution is -0.129. The topological polar surface area (TPSA) is 32.3 Å². The van der Waals surface area contributed by atoms with Crippen LogP contribution in [0.25, 0.3) is 0 Å². The van der Waals surface area contributed by atoms with Gasteiger partial charge in [-0.25, -0.2) is 0 Å². The van der Waals surface area contributed by atoms with E-state index in [1.165, 1.54) is 0 Å². The SMILES string of the molecule is C=CN1CCC(C(C)NC)C1=O. The lowest BCUT2D eigenvalue weighted by atomic mass is 10.0. The van der Waals surface area contributed by atoms with Gasteiger partial charge in [0.2, 0.25) is 5.91 Å². The van der Waals surface area contributed by atoms with Crippen molar-refractivity contribution in [1.82, 2.24) is 10.2 Å². The Morgan fingerprint density at radius 3 is 2.92 bits per heavy atom. The predicted molar refractivity (Wildman–Crippen MR) is 48.5 cm³/mol. The molecule has 0 aromatic rings. The number of hydrogen-bond donors (Lipinski definition) is 1. The molecule has 1 saturated heterocycles. The summed E-state index contributed by atoms with van der Waals surface area (Å²) in [5.74, 6) is 0.333. The lowest BCUT2D eigenvalue weighted by Gasteiger charge is -2.16. The Morgan fingerprint density at radius 1 is 1.83 bits per heavy atom. The molecule has 1 amide bonds. The minimum atomic E-state index is 0.132. The van der Waals surface area contributed by atoms with Crippen LogP contribution in [0.2, 0.25) is 0 Å². The van der Waals surface area contributed by atoms with E-state index < -0.39 is 0 Å². The molecule has 1 aliphatic heterocycles. The number of rotatable bonds is 3. The molecule has 2 unspecified atom stereocenters. The maximum Gasteiger partial charge on any atom is 0.231 e. The third-order valence-corrected chi connectivity index (χ3v) is 2.56. The Balaban J connectivity index is 2.60. The van der Waals surface area contributed by atoms with Crippen LogP contribution in [-0.2, 0) is 4.79 Å². The fraction of sp³-hybridized carbons (Fsp3) is 0.667. The smallest absolute Gasteiger partial charge is 0.231 e. The average Bonchev–Trinajstić information content (AvgIpc) is 2.45. The fourth-order valence-electron chi connectivity index (χ4n) is 1.57. The fourth-order valence-corrected chi connectivity index (χ4v) is 1.57. The van der Waals surface area contributed by atoms with Crippen molar-refractivity contribution in [3.63, 3.8) is 0 Å². The molecule has 1 fully saturated rings. The zero-order valence-corrected chi connectivity index (χ0v) is 7.71. The highest BCUT2D eigenvalue weighted by Gasteiger charge is 2.33. The van der Waals surface area contributed by atoms with E-state index in [0.717, 1.165) is 13.0 Å². The molecular weight excluding hydrogens is 152 g/mol. The number of likely N-dealkylation sites (tertiary alicyclic amines) is 1. The van der Waals surface area contributed by atoms with Gasteiger partial charge < -0.3 is 10.2 Å². The Kier molecular flexibility index (Phi) is 2.87. The van der Waals surface area contributed by atoms with Crippen LogP contribution in [0.1, 0.15) is 13.3 Å². The van der Waals surface area contributed by atoms with Crippen molar-refractivity contribution in [1.29, 1.82) is 0 Å². The van der Waals surface area contributed by atoms with Gasteiger partial charge in [-0.2, -0.15) is 0 Å². The van der Waals surface area contributed by atoms with E-state index in [4.69, 9.17) is 0 Å². The number of hydrogen-bond acceptors (Lipinski definition) is 2. The number of carbonyl (C=O) groups excluding carboxylic acids is 1. The van der Waals surface area contributed by atoms with Gasteiger partial charge in [0.15, 0.2) is 0 Å². The van der Waals surface area contributed by atoms with E-state index in [-0.39, 0.29) is 17.9 Å². The molecule has 1 aliphatic rings. The van der Waals surface area contributed by atoms with Gasteiger partial charge in [0.25, 0.3) is 0 Å². The van der Waals surface area contributed by atoms with E-state index in [0.29, 0.717) is 0 Å². The van der Waals surface area contributed by atoms with Crippen molar-refractivity contribution in [2.45, 2.75) is 19.4 Å². The summed E-state index contributed by atoms with van der Waals surface area (Å²) in [5.41, 5.74) is 0. The molecule has 0 saturated carbocycles. The highest BCUT2D eigenvalue weighted by Crippen LogP contribution is 2.20. The minimum Gasteiger partial charge on any atom is -0.319 e. The number of nitrogens with one attached hydrogen (secondary N) is 1. The van der Waals surface area contributed by atoms with Crippen LogP contribution in [0.5, 0.6) is 0 Å². The Labute approximate surface area is 73.4 Å². The standard InChI is InChI=1S/C9H16N2O/c1-4-11-6-5-8(9(11)12)7(2)10-3/h4,7-8,10H,1,5-6H2,2-3H3. The van der Waals surface area contributed by atoms with E-state index in [2.05, 4.69) is 11.9 Å². The van der Waals surface area contributed by atoms with Crippen molar-refractivity contribution in [3.05, 3.63) is 12.8 Å². The van der Waals surface area contributed by atoms with Crippen molar-refractivity contribution in [3.8, 4) is 0 Å². The first-order valence-corrected chi connectivity index (χ1v) is 4.31. The third kappa shape index (κ3) is 1.50. The number of amides is 1.